The predicted octanol–water partition coefficient (Wildman–Crippen LogP) is 2.57. The smallest absolute Gasteiger partial charge is 0.246 e. The highest BCUT2D eigenvalue weighted by Crippen LogP contribution is 2.27. The molecule has 0 spiro atoms. The van der Waals surface area contributed by atoms with Gasteiger partial charge < -0.3 is 0 Å². The van der Waals surface area contributed by atoms with Crippen LogP contribution in [0, 0.1) is 24.5 Å². The molecule has 3 rings (SSSR count). The minimum atomic E-state index is -4.02. The topological polar surface area (TPSA) is 55.2 Å². The Hall–Kier alpha value is -1.80. The molecule has 1 aromatic carbocycles. The fourth-order valence-electron chi connectivity index (χ4n) is 2.97. The van der Waals surface area contributed by atoms with Crippen LogP contribution in [0.3, 0.4) is 0 Å². The molecular weight excluding hydrogens is 336 g/mol. The van der Waals surface area contributed by atoms with E-state index in [4.69, 9.17) is 0 Å². The Morgan fingerprint density at radius 1 is 1.21 bits per heavy atom. The van der Waals surface area contributed by atoms with Crippen molar-refractivity contribution in [2.75, 3.05) is 13.1 Å². The van der Waals surface area contributed by atoms with E-state index in [1.807, 2.05) is 16.9 Å². The number of hydrogen-bond acceptors (Lipinski definition) is 3. The molecule has 0 N–H and O–H groups in total. The number of halogens is 2. The van der Waals surface area contributed by atoms with E-state index in [0.717, 1.165) is 18.7 Å². The maximum absolute atomic E-state index is 14.0. The van der Waals surface area contributed by atoms with Gasteiger partial charge in [-0.1, -0.05) is 0 Å². The van der Waals surface area contributed by atoms with Crippen molar-refractivity contribution in [1.29, 1.82) is 0 Å². The lowest BCUT2D eigenvalue weighted by Crippen LogP contribution is -2.39. The van der Waals surface area contributed by atoms with Gasteiger partial charge in [-0.05, 0) is 49.4 Å². The van der Waals surface area contributed by atoms with Crippen molar-refractivity contribution in [3.63, 3.8) is 0 Å². The molecular formula is C16H19F2N3O2S. The van der Waals surface area contributed by atoms with Crippen LogP contribution in [0.15, 0.2) is 35.5 Å². The molecule has 0 bridgehead atoms. The van der Waals surface area contributed by atoms with Crippen LogP contribution in [0.1, 0.15) is 18.4 Å². The molecule has 1 fully saturated rings. The molecule has 0 aliphatic carbocycles. The summed E-state index contributed by atoms with van der Waals surface area (Å²) in [7, 11) is -4.02. The molecule has 5 nitrogen and oxygen atoms in total. The van der Waals surface area contributed by atoms with Crippen molar-refractivity contribution in [2.24, 2.45) is 5.92 Å². The highest BCUT2D eigenvalue weighted by atomic mass is 32.2. The average molecular weight is 355 g/mol. The third kappa shape index (κ3) is 3.34. The van der Waals surface area contributed by atoms with E-state index < -0.39 is 26.6 Å². The second-order valence-electron chi connectivity index (χ2n) is 6.11. The summed E-state index contributed by atoms with van der Waals surface area (Å²) in [6, 6.07) is 3.54. The molecule has 2 aromatic rings. The molecule has 8 heteroatoms. The van der Waals surface area contributed by atoms with Gasteiger partial charge in [0.15, 0.2) is 0 Å². The second-order valence-corrected chi connectivity index (χ2v) is 8.01. The van der Waals surface area contributed by atoms with Crippen molar-refractivity contribution in [1.82, 2.24) is 14.1 Å². The molecule has 24 heavy (non-hydrogen) atoms. The number of benzene rings is 1. The van der Waals surface area contributed by atoms with E-state index >= 15 is 0 Å². The van der Waals surface area contributed by atoms with Crippen molar-refractivity contribution in [3.05, 3.63) is 47.8 Å². The Labute approximate surface area is 139 Å². The second kappa shape index (κ2) is 6.60. The maximum atomic E-state index is 14.0. The van der Waals surface area contributed by atoms with Gasteiger partial charge in [-0.2, -0.15) is 9.40 Å². The number of aromatic nitrogens is 2. The first-order chi connectivity index (χ1) is 11.4. The molecule has 1 aliphatic rings. The quantitative estimate of drug-likeness (QED) is 0.847. The molecule has 0 radical (unpaired) electrons. The first kappa shape index (κ1) is 17.0. The molecule has 0 atom stereocenters. The summed E-state index contributed by atoms with van der Waals surface area (Å²) < 4.78 is 55.9. The molecule has 2 heterocycles. The SMILES string of the molecule is Cc1cc(F)c(S(=O)(=O)N2CCC(Cn3cccn3)CC2)cc1F. The maximum Gasteiger partial charge on any atom is 0.246 e. The van der Waals surface area contributed by atoms with E-state index in [2.05, 4.69) is 5.10 Å². The van der Waals surface area contributed by atoms with Gasteiger partial charge in [0.2, 0.25) is 10.0 Å². The molecule has 1 aromatic heterocycles. The van der Waals surface area contributed by atoms with Gasteiger partial charge in [-0.15, -0.1) is 0 Å². The van der Waals surface area contributed by atoms with E-state index in [9.17, 15) is 17.2 Å². The summed E-state index contributed by atoms with van der Waals surface area (Å²) in [5.41, 5.74) is 0.0874. The number of nitrogens with zero attached hydrogens (tertiary/aromatic N) is 3. The molecule has 0 unspecified atom stereocenters. The van der Waals surface area contributed by atoms with Crippen LogP contribution >= 0.6 is 0 Å². The zero-order valence-electron chi connectivity index (χ0n) is 13.3. The van der Waals surface area contributed by atoms with Gasteiger partial charge in [0, 0.05) is 32.0 Å². The number of rotatable bonds is 4. The van der Waals surface area contributed by atoms with Gasteiger partial charge >= 0.3 is 0 Å². The summed E-state index contributed by atoms with van der Waals surface area (Å²) in [5.74, 6) is -1.31. The van der Waals surface area contributed by atoms with Gasteiger partial charge in [0.05, 0.1) is 0 Å². The van der Waals surface area contributed by atoms with Crippen LogP contribution < -0.4 is 0 Å². The van der Waals surface area contributed by atoms with E-state index in [1.165, 1.54) is 11.2 Å². The van der Waals surface area contributed by atoms with E-state index in [0.29, 0.717) is 31.8 Å². The zero-order valence-corrected chi connectivity index (χ0v) is 14.1. The summed E-state index contributed by atoms with van der Waals surface area (Å²) >= 11 is 0. The Morgan fingerprint density at radius 2 is 1.92 bits per heavy atom. The lowest BCUT2D eigenvalue weighted by molar-refractivity contribution is 0.247. The monoisotopic (exact) mass is 355 g/mol. The Balaban J connectivity index is 1.72. The normalized spacial score (nSPS) is 17.3. The molecule has 130 valence electrons. The van der Waals surface area contributed by atoms with Gasteiger partial charge in [0.25, 0.3) is 0 Å². The van der Waals surface area contributed by atoms with Gasteiger partial charge in [-0.3, -0.25) is 4.68 Å². The summed E-state index contributed by atoms with van der Waals surface area (Å²) in [4.78, 5) is -0.587. The summed E-state index contributed by atoms with van der Waals surface area (Å²) in [5, 5.41) is 4.15. The molecule has 0 saturated carbocycles. The molecule has 0 amide bonds. The van der Waals surface area contributed by atoms with Crippen LogP contribution in [-0.2, 0) is 16.6 Å². The minimum absolute atomic E-state index is 0.0874. The number of sulfonamides is 1. The largest absolute Gasteiger partial charge is 0.272 e. The third-order valence-electron chi connectivity index (χ3n) is 4.41. The fraction of sp³-hybridized carbons (Fsp3) is 0.438. The Morgan fingerprint density at radius 3 is 2.54 bits per heavy atom. The van der Waals surface area contributed by atoms with Crippen molar-refractivity contribution < 1.29 is 17.2 Å². The predicted molar refractivity (Wildman–Crippen MR) is 84.8 cm³/mol. The summed E-state index contributed by atoms with van der Waals surface area (Å²) in [6.45, 7) is 2.72. The van der Waals surface area contributed by atoms with E-state index in [1.54, 1.807) is 6.20 Å². The standard InChI is InChI=1S/C16H19F2N3O2S/c1-12-9-15(18)16(10-14(12)17)24(22,23)21-7-3-13(4-8-21)11-20-6-2-5-19-20/h2,5-6,9-10,13H,3-4,7-8,11H2,1H3. The van der Waals surface area contributed by atoms with Crippen molar-refractivity contribution in [2.45, 2.75) is 31.2 Å². The van der Waals surface area contributed by atoms with Gasteiger partial charge in [-0.25, -0.2) is 17.2 Å². The van der Waals surface area contributed by atoms with Crippen LogP contribution in [-0.4, -0.2) is 35.6 Å². The third-order valence-corrected chi connectivity index (χ3v) is 6.32. The van der Waals surface area contributed by atoms with Crippen molar-refractivity contribution >= 4 is 10.0 Å². The highest BCUT2D eigenvalue weighted by molar-refractivity contribution is 7.89. The number of aryl methyl sites for hydroxylation is 1. The Bertz CT molecular complexity index is 814. The lowest BCUT2D eigenvalue weighted by atomic mass is 9.98. The van der Waals surface area contributed by atoms with Crippen molar-refractivity contribution in [3.8, 4) is 0 Å². The average Bonchev–Trinajstić information content (AvgIpc) is 3.04. The zero-order chi connectivity index (χ0) is 17.3. The van der Waals surface area contributed by atoms with Crippen LogP contribution in [0.4, 0.5) is 8.78 Å². The fourth-order valence-corrected chi connectivity index (χ4v) is 4.50. The number of hydrogen-bond donors (Lipinski definition) is 0. The summed E-state index contributed by atoms with van der Waals surface area (Å²) in [6.07, 6.45) is 4.89. The first-order valence-electron chi connectivity index (χ1n) is 7.81. The Kier molecular flexibility index (Phi) is 4.69. The van der Waals surface area contributed by atoms with Crippen LogP contribution in [0.25, 0.3) is 0 Å². The van der Waals surface area contributed by atoms with Gasteiger partial charge in [0.1, 0.15) is 16.5 Å². The van der Waals surface area contributed by atoms with E-state index in [-0.39, 0.29) is 5.56 Å². The van der Waals surface area contributed by atoms with Crippen LogP contribution in [0.2, 0.25) is 0 Å². The minimum Gasteiger partial charge on any atom is -0.272 e. The molecule has 1 aliphatic heterocycles. The molecule has 1 saturated heterocycles. The lowest BCUT2D eigenvalue weighted by Gasteiger charge is -2.31. The number of piperidine rings is 1. The first-order valence-corrected chi connectivity index (χ1v) is 9.25. The highest BCUT2D eigenvalue weighted by Gasteiger charge is 2.32. The van der Waals surface area contributed by atoms with Crippen LogP contribution in [0.5, 0.6) is 0 Å².